The van der Waals surface area contributed by atoms with Crippen molar-refractivity contribution in [2.45, 2.75) is 0 Å². The average Bonchev–Trinajstić information content (AvgIpc) is 3.10. The lowest BCUT2D eigenvalue weighted by Gasteiger charge is -1.95. The molecule has 3 nitrogen and oxygen atoms in total. The SMILES string of the molecule is O=C1OC(c2sc3ccccc3c2Cl)=NC1=Cc1ccccc1. The van der Waals surface area contributed by atoms with E-state index in [9.17, 15) is 4.79 Å². The molecule has 0 unspecified atom stereocenters. The molecule has 0 bridgehead atoms. The summed E-state index contributed by atoms with van der Waals surface area (Å²) in [4.78, 5) is 17.0. The standard InChI is InChI=1S/C18H10ClNO2S/c19-15-12-8-4-5-9-14(12)23-16(15)17-20-13(18(21)22-17)10-11-6-2-1-3-7-11/h1-10H. The highest BCUT2D eigenvalue weighted by molar-refractivity contribution is 7.21. The molecule has 4 rings (SSSR count). The first-order valence-corrected chi connectivity index (χ1v) is 8.17. The minimum Gasteiger partial charge on any atom is -0.401 e. The van der Waals surface area contributed by atoms with E-state index < -0.39 is 5.97 Å². The molecule has 0 N–H and O–H groups in total. The highest BCUT2D eigenvalue weighted by Crippen LogP contribution is 2.37. The quantitative estimate of drug-likeness (QED) is 0.492. The van der Waals surface area contributed by atoms with Crippen LogP contribution >= 0.6 is 22.9 Å². The van der Waals surface area contributed by atoms with Gasteiger partial charge in [0.05, 0.1) is 5.02 Å². The Morgan fingerprint density at radius 2 is 1.78 bits per heavy atom. The molecule has 3 aromatic rings. The monoisotopic (exact) mass is 339 g/mol. The molecule has 0 saturated carbocycles. The molecule has 112 valence electrons. The van der Waals surface area contributed by atoms with Crippen LogP contribution in [0.25, 0.3) is 16.2 Å². The predicted octanol–water partition coefficient (Wildman–Crippen LogP) is 4.90. The molecule has 0 spiro atoms. The maximum atomic E-state index is 12.0. The van der Waals surface area contributed by atoms with Crippen molar-refractivity contribution in [3.05, 3.63) is 75.8 Å². The van der Waals surface area contributed by atoms with Crippen molar-refractivity contribution >= 4 is 51.0 Å². The normalized spacial score (nSPS) is 16.0. The second kappa shape index (κ2) is 5.65. The molecule has 0 atom stereocenters. The Bertz CT molecular complexity index is 973. The highest BCUT2D eigenvalue weighted by atomic mass is 35.5. The molecule has 1 aliphatic heterocycles. The molecule has 2 heterocycles. The zero-order valence-corrected chi connectivity index (χ0v) is 13.4. The topological polar surface area (TPSA) is 38.7 Å². The summed E-state index contributed by atoms with van der Waals surface area (Å²) in [5.41, 5.74) is 1.17. The van der Waals surface area contributed by atoms with E-state index >= 15 is 0 Å². The maximum absolute atomic E-state index is 12.0. The molecule has 23 heavy (non-hydrogen) atoms. The minimum atomic E-state index is -0.461. The van der Waals surface area contributed by atoms with E-state index in [-0.39, 0.29) is 11.6 Å². The van der Waals surface area contributed by atoms with Gasteiger partial charge in [-0.15, -0.1) is 11.3 Å². The fourth-order valence-corrected chi connectivity index (χ4v) is 3.80. The number of halogens is 1. The van der Waals surface area contributed by atoms with Crippen LogP contribution in [0.4, 0.5) is 0 Å². The number of carbonyl (C=O) groups is 1. The number of ether oxygens (including phenoxy) is 1. The van der Waals surface area contributed by atoms with E-state index in [1.165, 1.54) is 11.3 Å². The van der Waals surface area contributed by atoms with Crippen LogP contribution in [0.15, 0.2) is 65.3 Å². The molecule has 0 amide bonds. The van der Waals surface area contributed by atoms with Gasteiger partial charge in [0, 0.05) is 10.1 Å². The van der Waals surface area contributed by atoms with Crippen LogP contribution in [0.1, 0.15) is 10.4 Å². The van der Waals surface area contributed by atoms with Crippen LogP contribution in [0.5, 0.6) is 0 Å². The van der Waals surface area contributed by atoms with Crippen LogP contribution in [0.2, 0.25) is 5.02 Å². The lowest BCUT2D eigenvalue weighted by Crippen LogP contribution is -2.04. The van der Waals surface area contributed by atoms with Gasteiger partial charge in [-0.05, 0) is 17.7 Å². The summed E-state index contributed by atoms with van der Waals surface area (Å²) in [6, 6.07) is 17.3. The van der Waals surface area contributed by atoms with Gasteiger partial charge in [0.2, 0.25) is 5.90 Å². The van der Waals surface area contributed by atoms with Gasteiger partial charge in [-0.25, -0.2) is 9.79 Å². The number of benzene rings is 2. The number of cyclic esters (lactones) is 1. The predicted molar refractivity (Wildman–Crippen MR) is 93.9 cm³/mol. The number of rotatable bonds is 2. The Labute approximate surface area is 141 Å². The van der Waals surface area contributed by atoms with Gasteiger partial charge in [0.1, 0.15) is 4.88 Å². The Morgan fingerprint density at radius 1 is 1.04 bits per heavy atom. The Morgan fingerprint density at radius 3 is 2.57 bits per heavy atom. The summed E-state index contributed by atoms with van der Waals surface area (Å²) >= 11 is 7.88. The van der Waals surface area contributed by atoms with Crippen molar-refractivity contribution in [1.82, 2.24) is 0 Å². The molecule has 2 aromatic carbocycles. The van der Waals surface area contributed by atoms with Crippen LogP contribution in [0.3, 0.4) is 0 Å². The molecule has 0 aliphatic carbocycles. The van der Waals surface area contributed by atoms with E-state index in [1.54, 1.807) is 6.08 Å². The maximum Gasteiger partial charge on any atom is 0.363 e. The van der Waals surface area contributed by atoms with Gasteiger partial charge in [-0.3, -0.25) is 0 Å². The van der Waals surface area contributed by atoms with Gasteiger partial charge in [-0.2, -0.15) is 0 Å². The molecule has 1 aliphatic rings. The summed E-state index contributed by atoms with van der Waals surface area (Å²) < 4.78 is 6.35. The smallest absolute Gasteiger partial charge is 0.363 e. The summed E-state index contributed by atoms with van der Waals surface area (Å²) in [6.45, 7) is 0. The molecule has 1 aromatic heterocycles. The summed E-state index contributed by atoms with van der Waals surface area (Å²) in [5, 5.41) is 1.51. The number of fused-ring (bicyclic) bond motifs is 1. The van der Waals surface area contributed by atoms with E-state index in [1.807, 2.05) is 54.6 Å². The van der Waals surface area contributed by atoms with Gasteiger partial charge in [-0.1, -0.05) is 60.1 Å². The van der Waals surface area contributed by atoms with Crippen molar-refractivity contribution in [3.63, 3.8) is 0 Å². The van der Waals surface area contributed by atoms with Gasteiger partial charge in [0.25, 0.3) is 0 Å². The Balaban J connectivity index is 1.77. The van der Waals surface area contributed by atoms with E-state index in [4.69, 9.17) is 16.3 Å². The van der Waals surface area contributed by atoms with Crippen LogP contribution in [-0.2, 0) is 9.53 Å². The van der Waals surface area contributed by atoms with Crippen molar-refractivity contribution in [2.75, 3.05) is 0 Å². The zero-order chi connectivity index (χ0) is 15.8. The first-order chi connectivity index (χ1) is 11.2. The molecule has 0 saturated heterocycles. The second-order valence-corrected chi connectivity index (χ2v) is 6.42. The number of hydrogen-bond donors (Lipinski definition) is 0. The number of thiophene rings is 1. The van der Waals surface area contributed by atoms with E-state index in [0.717, 1.165) is 15.6 Å². The van der Waals surface area contributed by atoms with Gasteiger partial charge in [0.15, 0.2) is 5.70 Å². The van der Waals surface area contributed by atoms with E-state index in [0.29, 0.717) is 9.90 Å². The minimum absolute atomic E-state index is 0.267. The van der Waals surface area contributed by atoms with Gasteiger partial charge >= 0.3 is 5.97 Å². The first-order valence-electron chi connectivity index (χ1n) is 6.97. The van der Waals surface area contributed by atoms with Crippen LogP contribution in [0, 0.1) is 0 Å². The van der Waals surface area contributed by atoms with Crippen molar-refractivity contribution < 1.29 is 9.53 Å². The Kier molecular flexibility index (Phi) is 3.48. The van der Waals surface area contributed by atoms with Crippen molar-refractivity contribution in [3.8, 4) is 0 Å². The fourth-order valence-electron chi connectivity index (χ4n) is 2.36. The lowest BCUT2D eigenvalue weighted by atomic mass is 10.2. The van der Waals surface area contributed by atoms with Crippen LogP contribution in [-0.4, -0.2) is 11.9 Å². The number of hydrogen-bond acceptors (Lipinski definition) is 4. The molecular formula is C18H10ClNO2S. The third kappa shape index (κ3) is 2.56. The lowest BCUT2D eigenvalue weighted by molar-refractivity contribution is -0.129. The molecule has 5 heteroatoms. The number of aliphatic imine (C=N–C) groups is 1. The first kappa shape index (κ1) is 14.2. The third-order valence-electron chi connectivity index (χ3n) is 3.45. The highest BCUT2D eigenvalue weighted by Gasteiger charge is 2.27. The Hall–Kier alpha value is -2.43. The second-order valence-electron chi connectivity index (χ2n) is 4.99. The van der Waals surface area contributed by atoms with Crippen molar-refractivity contribution in [2.24, 2.45) is 4.99 Å². The fraction of sp³-hybridized carbons (Fsp3) is 0. The van der Waals surface area contributed by atoms with Crippen molar-refractivity contribution in [1.29, 1.82) is 0 Å². The molecule has 0 radical (unpaired) electrons. The third-order valence-corrected chi connectivity index (χ3v) is 5.12. The van der Waals surface area contributed by atoms with Crippen LogP contribution < -0.4 is 0 Å². The number of nitrogens with zero attached hydrogens (tertiary/aromatic N) is 1. The average molecular weight is 340 g/mol. The van der Waals surface area contributed by atoms with E-state index in [2.05, 4.69) is 4.99 Å². The number of esters is 1. The molecule has 0 fully saturated rings. The zero-order valence-electron chi connectivity index (χ0n) is 11.8. The summed E-state index contributed by atoms with van der Waals surface area (Å²) in [5.74, 6) is -0.194. The summed E-state index contributed by atoms with van der Waals surface area (Å²) in [6.07, 6.45) is 1.70. The molecular weight excluding hydrogens is 330 g/mol. The number of carbonyl (C=O) groups excluding carboxylic acids is 1. The van der Waals surface area contributed by atoms with Gasteiger partial charge < -0.3 is 4.74 Å². The largest absolute Gasteiger partial charge is 0.401 e. The summed E-state index contributed by atoms with van der Waals surface area (Å²) in [7, 11) is 0.